The molecule has 20 heavy (non-hydrogen) atoms. The number of aromatic nitrogens is 2. The van der Waals surface area contributed by atoms with E-state index in [1.807, 2.05) is 16.8 Å². The van der Waals surface area contributed by atoms with Crippen LogP contribution < -0.4 is 5.32 Å². The lowest BCUT2D eigenvalue weighted by Gasteiger charge is -2.27. The maximum Gasteiger partial charge on any atom is 0.227 e. The molecule has 0 amide bonds. The van der Waals surface area contributed by atoms with E-state index in [4.69, 9.17) is 4.52 Å². The zero-order valence-electron chi connectivity index (χ0n) is 11.5. The highest BCUT2D eigenvalue weighted by Gasteiger charge is 2.22. The summed E-state index contributed by atoms with van der Waals surface area (Å²) in [6.07, 6.45) is 3.46. The van der Waals surface area contributed by atoms with Crippen LogP contribution in [0.1, 0.15) is 25.7 Å². The van der Waals surface area contributed by atoms with Gasteiger partial charge in [-0.2, -0.15) is 16.3 Å². The van der Waals surface area contributed by atoms with Crippen LogP contribution in [-0.4, -0.2) is 23.2 Å². The number of piperidine rings is 1. The lowest BCUT2D eigenvalue weighted by molar-refractivity contribution is 0.257. The fraction of sp³-hybridized carbons (Fsp3) is 0.571. The van der Waals surface area contributed by atoms with E-state index in [0.29, 0.717) is 11.7 Å². The minimum atomic E-state index is 0. The highest BCUT2D eigenvalue weighted by molar-refractivity contribution is 7.08. The van der Waals surface area contributed by atoms with Crippen molar-refractivity contribution in [2.45, 2.75) is 26.2 Å². The number of halogens is 1. The number of rotatable bonds is 4. The van der Waals surface area contributed by atoms with Crippen molar-refractivity contribution < 1.29 is 4.52 Å². The molecule has 2 aromatic rings. The third kappa shape index (κ3) is 3.59. The average Bonchev–Trinajstić information content (AvgIpc) is 3.10. The van der Waals surface area contributed by atoms with Crippen molar-refractivity contribution in [1.29, 1.82) is 0 Å². The van der Waals surface area contributed by atoms with E-state index >= 15 is 0 Å². The van der Waals surface area contributed by atoms with Crippen LogP contribution in [0.15, 0.2) is 21.3 Å². The van der Waals surface area contributed by atoms with Crippen molar-refractivity contribution in [1.82, 2.24) is 15.5 Å². The van der Waals surface area contributed by atoms with Crippen molar-refractivity contribution in [3.05, 3.63) is 22.7 Å². The molecule has 6 heteroatoms. The molecule has 2 atom stereocenters. The summed E-state index contributed by atoms with van der Waals surface area (Å²) in [5.74, 6) is 2.79. The zero-order chi connectivity index (χ0) is 13.1. The molecule has 2 aromatic heterocycles. The number of nitrogens with one attached hydrogen (secondary N) is 1. The van der Waals surface area contributed by atoms with Crippen molar-refractivity contribution in [2.75, 3.05) is 13.1 Å². The number of thiophene rings is 1. The lowest BCUT2D eigenvalue weighted by atomic mass is 9.85. The van der Waals surface area contributed by atoms with Gasteiger partial charge in [-0.25, -0.2) is 0 Å². The highest BCUT2D eigenvalue weighted by Crippen LogP contribution is 2.24. The molecule has 4 nitrogen and oxygen atoms in total. The summed E-state index contributed by atoms with van der Waals surface area (Å²) in [7, 11) is 0. The molecule has 1 fully saturated rings. The van der Waals surface area contributed by atoms with Gasteiger partial charge >= 0.3 is 0 Å². The van der Waals surface area contributed by atoms with Gasteiger partial charge in [-0.15, -0.1) is 12.4 Å². The summed E-state index contributed by atoms with van der Waals surface area (Å²) < 4.78 is 5.37. The Balaban J connectivity index is 0.00000147. The topological polar surface area (TPSA) is 51.0 Å². The first kappa shape index (κ1) is 15.5. The summed E-state index contributed by atoms with van der Waals surface area (Å²) in [6, 6.07) is 2.02. The first-order chi connectivity index (χ1) is 9.33. The van der Waals surface area contributed by atoms with Crippen LogP contribution in [0.2, 0.25) is 0 Å². The summed E-state index contributed by atoms with van der Waals surface area (Å²) in [5.41, 5.74) is 1.05. The molecular weight excluding hydrogens is 294 g/mol. The van der Waals surface area contributed by atoms with Crippen molar-refractivity contribution in [3.8, 4) is 11.4 Å². The molecule has 1 N–H and O–H groups in total. The van der Waals surface area contributed by atoms with E-state index in [-0.39, 0.29) is 12.4 Å². The second-order valence-electron chi connectivity index (χ2n) is 5.31. The van der Waals surface area contributed by atoms with Gasteiger partial charge in [-0.3, -0.25) is 0 Å². The third-order valence-electron chi connectivity index (χ3n) is 3.88. The van der Waals surface area contributed by atoms with Gasteiger partial charge in [-0.05, 0) is 49.2 Å². The van der Waals surface area contributed by atoms with E-state index in [0.717, 1.165) is 36.9 Å². The van der Waals surface area contributed by atoms with Gasteiger partial charge in [0.1, 0.15) is 0 Å². The Morgan fingerprint density at radius 2 is 2.45 bits per heavy atom. The van der Waals surface area contributed by atoms with Crippen molar-refractivity contribution >= 4 is 23.7 Å². The van der Waals surface area contributed by atoms with Gasteiger partial charge < -0.3 is 9.84 Å². The largest absolute Gasteiger partial charge is 0.339 e. The monoisotopic (exact) mass is 313 g/mol. The summed E-state index contributed by atoms with van der Waals surface area (Å²) in [4.78, 5) is 4.50. The second-order valence-corrected chi connectivity index (χ2v) is 6.09. The van der Waals surface area contributed by atoms with Gasteiger partial charge in [0.05, 0.1) is 0 Å². The first-order valence-corrected chi connectivity index (χ1v) is 7.83. The fourth-order valence-electron chi connectivity index (χ4n) is 2.65. The predicted molar refractivity (Wildman–Crippen MR) is 83.3 cm³/mol. The molecule has 1 aliphatic heterocycles. The maximum atomic E-state index is 5.37. The van der Waals surface area contributed by atoms with Gasteiger partial charge in [0, 0.05) is 17.4 Å². The normalized spacial score (nSPS) is 20.4. The van der Waals surface area contributed by atoms with E-state index in [1.54, 1.807) is 11.3 Å². The van der Waals surface area contributed by atoms with Gasteiger partial charge in [0.2, 0.25) is 11.7 Å². The highest BCUT2D eigenvalue weighted by atomic mass is 35.5. The van der Waals surface area contributed by atoms with Gasteiger partial charge in [0.25, 0.3) is 0 Å². The number of hydrogen-bond donors (Lipinski definition) is 1. The molecular formula is C14H20ClN3OS. The van der Waals surface area contributed by atoms with Crippen molar-refractivity contribution in [2.24, 2.45) is 11.8 Å². The fourth-order valence-corrected chi connectivity index (χ4v) is 3.29. The third-order valence-corrected chi connectivity index (χ3v) is 4.57. The molecule has 2 unspecified atom stereocenters. The molecule has 0 bridgehead atoms. The van der Waals surface area contributed by atoms with E-state index < -0.39 is 0 Å². The lowest BCUT2D eigenvalue weighted by Crippen LogP contribution is -2.33. The molecule has 0 aromatic carbocycles. The predicted octanol–water partition coefficient (Wildman–Crippen LogP) is 3.40. The standard InChI is InChI=1S/C14H19N3OS.ClH/c1-10(11-3-2-5-15-8-11)7-13-16-14(17-18-13)12-4-6-19-9-12;/h4,6,9-11,15H,2-3,5,7-8H2,1H3;1H. The zero-order valence-corrected chi connectivity index (χ0v) is 13.2. The summed E-state index contributed by atoms with van der Waals surface area (Å²) >= 11 is 1.65. The molecule has 0 saturated carbocycles. The molecule has 3 rings (SSSR count). The van der Waals surface area contributed by atoms with Gasteiger partial charge in [0.15, 0.2) is 0 Å². The summed E-state index contributed by atoms with van der Waals surface area (Å²) in [5, 5.41) is 11.6. The Hall–Kier alpha value is -0.910. The average molecular weight is 314 g/mol. The smallest absolute Gasteiger partial charge is 0.227 e. The van der Waals surface area contributed by atoms with E-state index in [9.17, 15) is 0 Å². The number of hydrogen-bond acceptors (Lipinski definition) is 5. The van der Waals surface area contributed by atoms with E-state index in [2.05, 4.69) is 22.4 Å². The molecule has 0 spiro atoms. The minimum absolute atomic E-state index is 0. The first-order valence-electron chi connectivity index (χ1n) is 6.89. The maximum absolute atomic E-state index is 5.37. The SMILES string of the molecule is CC(Cc1nc(-c2ccsc2)no1)C1CCCNC1.Cl. The molecule has 1 saturated heterocycles. The molecule has 1 aliphatic rings. The van der Waals surface area contributed by atoms with Gasteiger partial charge in [-0.1, -0.05) is 12.1 Å². The van der Waals surface area contributed by atoms with Crippen LogP contribution in [-0.2, 0) is 6.42 Å². The van der Waals surface area contributed by atoms with Crippen LogP contribution in [0.5, 0.6) is 0 Å². The van der Waals surface area contributed by atoms with Crippen LogP contribution in [0.25, 0.3) is 11.4 Å². The molecule has 0 aliphatic carbocycles. The Morgan fingerprint density at radius 3 is 3.15 bits per heavy atom. The van der Waals surface area contributed by atoms with Crippen LogP contribution in [0.3, 0.4) is 0 Å². The van der Waals surface area contributed by atoms with Crippen LogP contribution >= 0.6 is 23.7 Å². The van der Waals surface area contributed by atoms with Crippen LogP contribution in [0.4, 0.5) is 0 Å². The Kier molecular flexibility index (Phi) is 5.57. The Labute approximate surface area is 129 Å². The minimum Gasteiger partial charge on any atom is -0.339 e. The molecule has 110 valence electrons. The number of nitrogens with zero attached hydrogens (tertiary/aromatic N) is 2. The Morgan fingerprint density at radius 1 is 1.55 bits per heavy atom. The Bertz CT molecular complexity index is 508. The van der Waals surface area contributed by atoms with Crippen LogP contribution in [0, 0.1) is 11.8 Å². The van der Waals surface area contributed by atoms with E-state index in [1.165, 1.54) is 12.8 Å². The summed E-state index contributed by atoms with van der Waals surface area (Å²) in [6.45, 7) is 4.56. The second kappa shape index (κ2) is 7.20. The quantitative estimate of drug-likeness (QED) is 0.940. The van der Waals surface area contributed by atoms with Crippen molar-refractivity contribution in [3.63, 3.8) is 0 Å². The molecule has 3 heterocycles. The molecule has 0 radical (unpaired) electrons.